The van der Waals surface area contributed by atoms with E-state index in [1.807, 2.05) is 0 Å². The van der Waals surface area contributed by atoms with Crippen LogP contribution >= 0.6 is 0 Å². The zero-order valence-electron chi connectivity index (χ0n) is 16.2. The van der Waals surface area contributed by atoms with Gasteiger partial charge in [-0.15, -0.1) is 0 Å². The van der Waals surface area contributed by atoms with Crippen LogP contribution in [0.5, 0.6) is 0 Å². The van der Waals surface area contributed by atoms with Crippen molar-refractivity contribution in [2.75, 3.05) is 36.0 Å². The first-order valence-electron chi connectivity index (χ1n) is 10.5. The van der Waals surface area contributed by atoms with Crippen molar-refractivity contribution in [3.05, 3.63) is 52.3 Å². The largest absolute Gasteiger partial charge is 0.374 e. The molecular weight excluding hydrogens is 352 g/mol. The fourth-order valence-electron chi connectivity index (χ4n) is 4.58. The van der Waals surface area contributed by atoms with Crippen LogP contribution in [0.2, 0.25) is 0 Å². The number of hydrogen-bond donors (Lipinski definition) is 1. The van der Waals surface area contributed by atoms with Crippen LogP contribution in [0.3, 0.4) is 0 Å². The molecule has 5 rings (SSSR count). The third-order valence-electron chi connectivity index (χ3n) is 6.24. The summed E-state index contributed by atoms with van der Waals surface area (Å²) in [5.41, 5.74) is 1.26. The Balaban J connectivity index is 1.36. The second kappa shape index (κ2) is 7.59. The van der Waals surface area contributed by atoms with Gasteiger partial charge in [0, 0.05) is 31.7 Å². The average molecular weight is 380 g/mol. The Morgan fingerprint density at radius 1 is 1.14 bits per heavy atom. The number of nitrogens with one attached hydrogen (secondary N) is 1. The number of hydrogen-bond acceptors (Lipinski definition) is 5. The minimum atomic E-state index is -0.0696. The molecule has 1 saturated carbocycles. The molecule has 0 radical (unpaired) electrons. The maximum atomic E-state index is 12.4. The van der Waals surface area contributed by atoms with Gasteiger partial charge in [-0.1, -0.05) is 30.3 Å². The van der Waals surface area contributed by atoms with Crippen LogP contribution in [0.15, 0.2) is 41.2 Å². The first-order chi connectivity index (χ1) is 13.8. The molecule has 3 fully saturated rings. The van der Waals surface area contributed by atoms with Gasteiger partial charge in [0.2, 0.25) is 5.95 Å². The summed E-state index contributed by atoms with van der Waals surface area (Å²) in [6.07, 6.45) is 6.06. The molecule has 0 unspecified atom stereocenters. The topological polar surface area (TPSA) is 61.5 Å². The molecule has 1 aromatic heterocycles. The van der Waals surface area contributed by atoms with Crippen LogP contribution in [0.1, 0.15) is 31.2 Å². The van der Waals surface area contributed by atoms with Crippen molar-refractivity contribution in [2.45, 2.75) is 44.2 Å². The Labute approximate surface area is 165 Å². The van der Waals surface area contributed by atoms with Crippen LogP contribution in [0.25, 0.3) is 0 Å². The highest BCUT2D eigenvalue weighted by Crippen LogP contribution is 2.36. The van der Waals surface area contributed by atoms with E-state index in [0.717, 1.165) is 50.7 Å². The number of H-pyrrole nitrogens is 1. The molecule has 6 heteroatoms. The van der Waals surface area contributed by atoms with Crippen LogP contribution in [0, 0.1) is 5.92 Å². The number of morpholine rings is 1. The van der Waals surface area contributed by atoms with E-state index in [4.69, 9.17) is 9.72 Å². The first kappa shape index (κ1) is 17.7. The van der Waals surface area contributed by atoms with E-state index >= 15 is 0 Å². The van der Waals surface area contributed by atoms with E-state index in [1.165, 1.54) is 18.4 Å². The Bertz CT molecular complexity index is 864. The first-order valence-corrected chi connectivity index (χ1v) is 10.5. The van der Waals surface area contributed by atoms with Crippen molar-refractivity contribution in [3.8, 4) is 0 Å². The average Bonchev–Trinajstić information content (AvgIpc) is 3.48. The molecule has 1 N–H and O–H groups in total. The van der Waals surface area contributed by atoms with Gasteiger partial charge in [0.15, 0.2) is 0 Å². The Morgan fingerprint density at radius 3 is 2.82 bits per heavy atom. The molecule has 2 saturated heterocycles. The minimum Gasteiger partial charge on any atom is -0.374 e. The van der Waals surface area contributed by atoms with Gasteiger partial charge >= 0.3 is 0 Å². The highest BCUT2D eigenvalue weighted by atomic mass is 16.5. The van der Waals surface area contributed by atoms with E-state index < -0.39 is 0 Å². The molecule has 3 aliphatic rings. The number of rotatable bonds is 5. The summed E-state index contributed by atoms with van der Waals surface area (Å²) in [5, 5.41) is 0. The zero-order chi connectivity index (χ0) is 18.9. The number of benzene rings is 1. The Morgan fingerprint density at radius 2 is 2.00 bits per heavy atom. The lowest BCUT2D eigenvalue weighted by atomic mass is 10.0. The molecule has 0 bridgehead atoms. The molecule has 2 atom stereocenters. The number of ether oxygens (including phenoxy) is 1. The smallest absolute Gasteiger partial charge is 0.254 e. The number of anilines is 2. The van der Waals surface area contributed by atoms with Crippen molar-refractivity contribution >= 4 is 11.8 Å². The summed E-state index contributed by atoms with van der Waals surface area (Å²) in [6.45, 7) is 3.30. The Hall–Kier alpha value is -2.34. The van der Waals surface area contributed by atoms with Gasteiger partial charge in [0.05, 0.1) is 12.7 Å². The maximum absolute atomic E-state index is 12.4. The van der Waals surface area contributed by atoms with Gasteiger partial charge in [-0.05, 0) is 43.6 Å². The van der Waals surface area contributed by atoms with Gasteiger partial charge in [-0.25, -0.2) is 0 Å². The Kier molecular flexibility index (Phi) is 4.81. The summed E-state index contributed by atoms with van der Waals surface area (Å²) in [6, 6.07) is 12.6. The molecule has 28 heavy (non-hydrogen) atoms. The number of aromatic amines is 1. The SMILES string of the molecule is O=c1cc(N2CCO[C@@H](C3CC3)C2)nc(N2CCC[C@H]2Cc2ccccc2)[nH]1. The highest BCUT2D eigenvalue weighted by molar-refractivity contribution is 5.45. The fourth-order valence-corrected chi connectivity index (χ4v) is 4.58. The second-order valence-corrected chi connectivity index (χ2v) is 8.30. The second-order valence-electron chi connectivity index (χ2n) is 8.30. The van der Waals surface area contributed by atoms with Gasteiger partial charge in [-0.2, -0.15) is 4.98 Å². The lowest BCUT2D eigenvalue weighted by Crippen LogP contribution is -2.44. The summed E-state index contributed by atoms with van der Waals surface area (Å²) in [4.78, 5) is 24.8. The van der Waals surface area contributed by atoms with E-state index in [9.17, 15) is 4.79 Å². The third kappa shape index (κ3) is 3.78. The molecule has 6 nitrogen and oxygen atoms in total. The van der Waals surface area contributed by atoms with Gasteiger partial charge in [0.1, 0.15) is 5.82 Å². The van der Waals surface area contributed by atoms with Crippen molar-refractivity contribution in [1.82, 2.24) is 9.97 Å². The molecule has 0 amide bonds. The molecule has 2 aliphatic heterocycles. The molecule has 3 heterocycles. The standard InChI is InChI=1S/C22H28N4O2/c27-21-14-20(25-11-12-28-19(15-25)17-8-9-17)23-22(24-21)26-10-4-7-18(26)13-16-5-2-1-3-6-16/h1-3,5-6,14,17-19H,4,7-13,15H2,(H,23,24,27)/t18-,19+/m0/s1. The predicted octanol–water partition coefficient (Wildman–Crippen LogP) is 2.60. The van der Waals surface area contributed by atoms with Crippen molar-refractivity contribution in [1.29, 1.82) is 0 Å². The van der Waals surface area contributed by atoms with Crippen molar-refractivity contribution < 1.29 is 4.74 Å². The summed E-state index contributed by atoms with van der Waals surface area (Å²) in [7, 11) is 0. The fraction of sp³-hybridized carbons (Fsp3) is 0.545. The van der Waals surface area contributed by atoms with Crippen LogP contribution < -0.4 is 15.4 Å². The molecule has 1 aromatic carbocycles. The normalized spacial score (nSPS) is 25.3. The van der Waals surface area contributed by atoms with Gasteiger partial charge < -0.3 is 14.5 Å². The van der Waals surface area contributed by atoms with E-state index in [1.54, 1.807) is 6.07 Å². The molecule has 1 aliphatic carbocycles. The third-order valence-corrected chi connectivity index (χ3v) is 6.24. The van der Waals surface area contributed by atoms with Crippen LogP contribution in [-0.2, 0) is 11.2 Å². The number of nitrogens with zero attached hydrogens (tertiary/aromatic N) is 3. The predicted molar refractivity (Wildman–Crippen MR) is 110 cm³/mol. The lowest BCUT2D eigenvalue weighted by molar-refractivity contribution is 0.0261. The van der Waals surface area contributed by atoms with Crippen molar-refractivity contribution in [3.63, 3.8) is 0 Å². The molecule has 148 valence electrons. The van der Waals surface area contributed by atoms with Crippen LogP contribution in [0.4, 0.5) is 11.8 Å². The summed E-state index contributed by atoms with van der Waals surface area (Å²) < 4.78 is 5.93. The maximum Gasteiger partial charge on any atom is 0.254 e. The van der Waals surface area contributed by atoms with Gasteiger partial charge in [-0.3, -0.25) is 9.78 Å². The number of aromatic nitrogens is 2. The molecule has 0 spiro atoms. The summed E-state index contributed by atoms with van der Waals surface area (Å²) >= 11 is 0. The highest BCUT2D eigenvalue weighted by Gasteiger charge is 2.36. The minimum absolute atomic E-state index is 0.0696. The summed E-state index contributed by atoms with van der Waals surface area (Å²) in [5.74, 6) is 2.20. The van der Waals surface area contributed by atoms with Gasteiger partial charge in [0.25, 0.3) is 5.56 Å². The lowest BCUT2D eigenvalue weighted by Gasteiger charge is -2.34. The van der Waals surface area contributed by atoms with E-state index in [0.29, 0.717) is 18.6 Å². The van der Waals surface area contributed by atoms with E-state index in [2.05, 4.69) is 45.1 Å². The monoisotopic (exact) mass is 380 g/mol. The zero-order valence-corrected chi connectivity index (χ0v) is 16.2. The van der Waals surface area contributed by atoms with E-state index in [-0.39, 0.29) is 11.7 Å². The molecular formula is C22H28N4O2. The van der Waals surface area contributed by atoms with Crippen molar-refractivity contribution in [2.24, 2.45) is 5.92 Å². The molecule has 2 aromatic rings. The quantitative estimate of drug-likeness (QED) is 0.864. The van der Waals surface area contributed by atoms with Crippen LogP contribution in [-0.4, -0.2) is 48.4 Å².